The number of rotatable bonds is 6. The molecule has 0 aromatic heterocycles. The third kappa shape index (κ3) is 4.12. The molecule has 4 heteroatoms. The smallest absolute Gasteiger partial charge is 0.321 e. The van der Waals surface area contributed by atoms with Crippen molar-refractivity contribution in [3.05, 3.63) is 29.3 Å². The molecule has 0 bridgehead atoms. The van der Waals surface area contributed by atoms with Gasteiger partial charge in [-0.1, -0.05) is 51.8 Å². The average molecular weight is 412 g/mol. The third-order valence-electron chi connectivity index (χ3n) is 8.02. The Labute approximate surface area is 183 Å². The van der Waals surface area contributed by atoms with E-state index in [9.17, 15) is 4.79 Å². The van der Waals surface area contributed by atoms with Crippen molar-refractivity contribution in [3.63, 3.8) is 0 Å². The van der Waals surface area contributed by atoms with Gasteiger partial charge >= 0.3 is 6.03 Å². The van der Waals surface area contributed by atoms with Gasteiger partial charge in [-0.2, -0.15) is 0 Å². The molecule has 166 valence electrons. The second kappa shape index (κ2) is 9.72. The number of hydrogen-bond donors (Lipinski definition) is 1. The first-order valence-corrected chi connectivity index (χ1v) is 12.6. The Hall–Kier alpha value is -1.55. The molecule has 0 spiro atoms. The summed E-state index contributed by atoms with van der Waals surface area (Å²) >= 11 is 0. The molecule has 4 nitrogen and oxygen atoms in total. The fourth-order valence-corrected chi connectivity index (χ4v) is 6.59. The number of benzene rings is 1. The van der Waals surface area contributed by atoms with Gasteiger partial charge in [-0.05, 0) is 81.0 Å². The molecule has 1 aromatic rings. The molecule has 0 unspecified atom stereocenters. The summed E-state index contributed by atoms with van der Waals surface area (Å²) in [5, 5.41) is 3.40. The van der Waals surface area contributed by atoms with E-state index >= 15 is 0 Å². The van der Waals surface area contributed by atoms with Gasteiger partial charge in [0.15, 0.2) is 0 Å². The number of aryl methyl sites for hydroxylation is 2. The first kappa shape index (κ1) is 21.7. The second-order valence-corrected chi connectivity index (χ2v) is 9.69. The molecular formula is C26H41N3O. The molecule has 2 amide bonds. The first-order valence-electron chi connectivity index (χ1n) is 12.6. The van der Waals surface area contributed by atoms with E-state index in [4.69, 9.17) is 0 Å². The zero-order valence-corrected chi connectivity index (χ0v) is 19.3. The SMILES string of the molecule is CCCC[C@@H]1[C@H]2CCCN3CCC[C@@H](CN1C(=O)Nc1c(CC)cccc1CC)[C@@H]23. The maximum absolute atomic E-state index is 13.7. The Morgan fingerprint density at radius 2 is 1.77 bits per heavy atom. The van der Waals surface area contributed by atoms with Crippen LogP contribution in [0.5, 0.6) is 0 Å². The summed E-state index contributed by atoms with van der Waals surface area (Å²) in [7, 11) is 0. The van der Waals surface area contributed by atoms with Crippen molar-refractivity contribution < 1.29 is 4.79 Å². The fourth-order valence-electron chi connectivity index (χ4n) is 6.59. The highest BCUT2D eigenvalue weighted by atomic mass is 16.2. The van der Waals surface area contributed by atoms with Crippen LogP contribution in [0.25, 0.3) is 0 Å². The van der Waals surface area contributed by atoms with Crippen molar-refractivity contribution >= 4 is 11.7 Å². The molecule has 3 heterocycles. The lowest BCUT2D eigenvalue weighted by molar-refractivity contribution is -0.0617. The van der Waals surface area contributed by atoms with Crippen LogP contribution in [0.1, 0.15) is 76.8 Å². The van der Waals surface area contributed by atoms with Gasteiger partial charge in [-0.15, -0.1) is 0 Å². The third-order valence-corrected chi connectivity index (χ3v) is 8.02. The number of amides is 2. The quantitative estimate of drug-likeness (QED) is 0.651. The molecule has 3 saturated heterocycles. The van der Waals surface area contributed by atoms with Crippen molar-refractivity contribution in [2.75, 3.05) is 25.0 Å². The number of urea groups is 1. The molecule has 0 aliphatic carbocycles. The van der Waals surface area contributed by atoms with Gasteiger partial charge in [0, 0.05) is 24.3 Å². The number of carbonyl (C=O) groups is 1. The fraction of sp³-hybridized carbons (Fsp3) is 0.731. The van der Waals surface area contributed by atoms with Crippen LogP contribution in [0.15, 0.2) is 18.2 Å². The molecule has 3 aliphatic heterocycles. The number of hydrogen-bond acceptors (Lipinski definition) is 2. The Kier molecular flexibility index (Phi) is 7.02. The van der Waals surface area contributed by atoms with E-state index in [2.05, 4.69) is 54.1 Å². The predicted molar refractivity (Wildman–Crippen MR) is 125 cm³/mol. The highest BCUT2D eigenvalue weighted by molar-refractivity contribution is 5.91. The van der Waals surface area contributed by atoms with E-state index in [1.807, 2.05) is 0 Å². The van der Waals surface area contributed by atoms with E-state index in [0.29, 0.717) is 23.9 Å². The minimum absolute atomic E-state index is 0.146. The molecule has 30 heavy (non-hydrogen) atoms. The van der Waals surface area contributed by atoms with Crippen molar-refractivity contribution in [2.45, 2.75) is 90.6 Å². The summed E-state index contributed by atoms with van der Waals surface area (Å²) in [6.07, 6.45) is 10.6. The zero-order chi connectivity index (χ0) is 21.1. The number of likely N-dealkylation sites (tertiary alicyclic amines) is 1. The minimum Gasteiger partial charge on any atom is -0.321 e. The lowest BCUT2D eigenvalue weighted by Crippen LogP contribution is -2.66. The normalized spacial score (nSPS) is 28.8. The van der Waals surface area contributed by atoms with Crippen molar-refractivity contribution in [1.29, 1.82) is 0 Å². The number of nitrogens with zero attached hydrogens (tertiary/aromatic N) is 2. The predicted octanol–water partition coefficient (Wildman–Crippen LogP) is 5.71. The van der Waals surface area contributed by atoms with Crippen molar-refractivity contribution in [2.24, 2.45) is 11.8 Å². The molecule has 1 N–H and O–H groups in total. The Morgan fingerprint density at radius 3 is 2.43 bits per heavy atom. The molecule has 1 aromatic carbocycles. The maximum atomic E-state index is 13.7. The zero-order valence-electron chi connectivity index (χ0n) is 19.3. The van der Waals surface area contributed by atoms with Crippen molar-refractivity contribution in [3.8, 4) is 0 Å². The summed E-state index contributed by atoms with van der Waals surface area (Å²) in [6, 6.07) is 7.71. The minimum atomic E-state index is 0.146. The number of nitrogens with one attached hydrogen (secondary N) is 1. The van der Waals surface area contributed by atoms with Crippen LogP contribution >= 0.6 is 0 Å². The standard InChI is InChI=1S/C26H41N3O/c1-4-7-15-23-22-14-10-17-28-16-9-13-21(25(22)28)18-29(23)26(30)27-24-19(5-2)11-8-12-20(24)6-3/h8,11-12,21-23,25H,4-7,9-10,13-18H2,1-3H3,(H,27,30)/t21-,22+,23+,25-/m0/s1. The van der Waals surface area contributed by atoms with Gasteiger partial charge in [0.05, 0.1) is 0 Å². The maximum Gasteiger partial charge on any atom is 0.322 e. The highest BCUT2D eigenvalue weighted by Crippen LogP contribution is 2.43. The van der Waals surface area contributed by atoms with Crippen LogP contribution in [0.4, 0.5) is 10.5 Å². The Morgan fingerprint density at radius 1 is 1.07 bits per heavy atom. The van der Waals surface area contributed by atoms with Crippen LogP contribution in [-0.4, -0.2) is 47.5 Å². The van der Waals surface area contributed by atoms with Gasteiger partial charge in [0.1, 0.15) is 0 Å². The molecule has 3 fully saturated rings. The van der Waals surface area contributed by atoms with E-state index < -0.39 is 0 Å². The summed E-state index contributed by atoms with van der Waals surface area (Å²) in [5.41, 5.74) is 3.58. The van der Waals surface area contributed by atoms with Gasteiger partial charge < -0.3 is 10.2 Å². The number of carbonyl (C=O) groups excluding carboxylic acids is 1. The number of para-hydroxylation sites is 1. The van der Waals surface area contributed by atoms with Crippen molar-refractivity contribution in [1.82, 2.24) is 9.80 Å². The summed E-state index contributed by atoms with van der Waals surface area (Å²) in [5.74, 6) is 1.31. The molecule has 0 radical (unpaired) electrons. The second-order valence-electron chi connectivity index (χ2n) is 9.69. The average Bonchev–Trinajstić information content (AvgIpc) is 2.78. The largest absolute Gasteiger partial charge is 0.322 e. The van der Waals surface area contributed by atoms with E-state index in [0.717, 1.165) is 31.5 Å². The molecule has 0 saturated carbocycles. The van der Waals surface area contributed by atoms with E-state index in [1.54, 1.807) is 0 Å². The number of piperidine rings is 3. The summed E-state index contributed by atoms with van der Waals surface area (Å²) in [4.78, 5) is 18.8. The highest BCUT2D eigenvalue weighted by Gasteiger charge is 2.49. The first-order chi connectivity index (χ1) is 14.7. The monoisotopic (exact) mass is 411 g/mol. The summed E-state index contributed by atoms with van der Waals surface area (Å²) in [6.45, 7) is 10.1. The van der Waals surface area contributed by atoms with E-state index in [1.165, 1.54) is 62.7 Å². The lowest BCUT2D eigenvalue weighted by Gasteiger charge is -2.57. The lowest BCUT2D eigenvalue weighted by atomic mass is 9.69. The molecule has 3 aliphatic rings. The van der Waals surface area contributed by atoms with Gasteiger partial charge in [0.2, 0.25) is 0 Å². The van der Waals surface area contributed by atoms with Crippen LogP contribution in [0.2, 0.25) is 0 Å². The van der Waals surface area contributed by atoms with Gasteiger partial charge in [0.25, 0.3) is 0 Å². The van der Waals surface area contributed by atoms with Gasteiger partial charge in [-0.25, -0.2) is 4.79 Å². The Bertz CT molecular complexity index is 709. The Balaban J connectivity index is 1.60. The van der Waals surface area contributed by atoms with Gasteiger partial charge in [-0.3, -0.25) is 4.90 Å². The number of unbranched alkanes of at least 4 members (excludes halogenated alkanes) is 1. The van der Waals surface area contributed by atoms with Crippen LogP contribution in [-0.2, 0) is 12.8 Å². The summed E-state index contributed by atoms with van der Waals surface area (Å²) < 4.78 is 0. The topological polar surface area (TPSA) is 35.6 Å². The van der Waals surface area contributed by atoms with Crippen LogP contribution < -0.4 is 5.32 Å². The van der Waals surface area contributed by atoms with Crippen LogP contribution in [0.3, 0.4) is 0 Å². The molecule has 4 rings (SSSR count). The number of anilines is 1. The van der Waals surface area contributed by atoms with Crippen LogP contribution in [0, 0.1) is 11.8 Å². The van der Waals surface area contributed by atoms with E-state index in [-0.39, 0.29) is 6.03 Å². The molecule has 4 atom stereocenters. The molecular weight excluding hydrogens is 370 g/mol.